The van der Waals surface area contributed by atoms with Crippen molar-refractivity contribution >= 4 is 17.6 Å². The average Bonchev–Trinajstić information content (AvgIpc) is 2.93. The lowest BCUT2D eigenvalue weighted by atomic mass is 10.0. The van der Waals surface area contributed by atoms with Crippen LogP contribution in [0.4, 0.5) is 11.4 Å². The van der Waals surface area contributed by atoms with Crippen molar-refractivity contribution in [2.24, 2.45) is 4.99 Å². The largest absolute Gasteiger partial charge is 0.282 e. The summed E-state index contributed by atoms with van der Waals surface area (Å²) in [5.41, 5.74) is 6.27. The van der Waals surface area contributed by atoms with E-state index in [1.807, 2.05) is 38.1 Å². The van der Waals surface area contributed by atoms with Gasteiger partial charge in [0.1, 0.15) is 0 Å². The van der Waals surface area contributed by atoms with Crippen LogP contribution in [0.2, 0.25) is 0 Å². The van der Waals surface area contributed by atoms with Crippen LogP contribution in [0.5, 0.6) is 0 Å². The van der Waals surface area contributed by atoms with Gasteiger partial charge < -0.3 is 0 Å². The van der Waals surface area contributed by atoms with Gasteiger partial charge in [0, 0.05) is 36.0 Å². The van der Waals surface area contributed by atoms with Crippen molar-refractivity contribution in [3.05, 3.63) is 86.7 Å². The Morgan fingerprint density at radius 1 is 1.12 bits per heavy atom. The fourth-order valence-corrected chi connectivity index (χ4v) is 2.57. The van der Waals surface area contributed by atoms with E-state index in [1.54, 1.807) is 18.3 Å². The maximum Gasteiger partial charge on any atom is 0.269 e. The van der Waals surface area contributed by atoms with Crippen molar-refractivity contribution in [3.63, 3.8) is 0 Å². The van der Waals surface area contributed by atoms with Crippen LogP contribution in [0.15, 0.2) is 53.5 Å². The van der Waals surface area contributed by atoms with Crippen molar-refractivity contribution in [1.82, 2.24) is 10.2 Å². The molecule has 6 nitrogen and oxygen atoms in total. The van der Waals surface area contributed by atoms with Gasteiger partial charge in [-0.05, 0) is 49.2 Å². The molecular weight excluding hydrogens is 316 g/mol. The van der Waals surface area contributed by atoms with E-state index >= 15 is 0 Å². The molecule has 0 aliphatic carbocycles. The van der Waals surface area contributed by atoms with Crippen LogP contribution in [-0.2, 0) is 6.42 Å². The second-order valence-electron chi connectivity index (χ2n) is 5.86. The van der Waals surface area contributed by atoms with E-state index in [9.17, 15) is 10.1 Å². The maximum atomic E-state index is 10.6. The number of hydrogen-bond donors (Lipinski definition) is 1. The molecular formula is C19H18N4O2. The number of rotatable bonds is 5. The smallest absolute Gasteiger partial charge is 0.269 e. The molecule has 3 rings (SSSR count). The number of H-pyrrole nitrogens is 1. The van der Waals surface area contributed by atoms with Gasteiger partial charge in [0.15, 0.2) is 0 Å². The Balaban J connectivity index is 1.69. The number of aliphatic imine (C=N–C) groups is 1. The van der Waals surface area contributed by atoms with Crippen LogP contribution in [-0.4, -0.2) is 21.3 Å². The van der Waals surface area contributed by atoms with E-state index in [0.717, 1.165) is 29.1 Å². The molecule has 0 aliphatic rings. The van der Waals surface area contributed by atoms with Gasteiger partial charge in [-0.3, -0.25) is 20.2 Å². The molecule has 0 saturated heterocycles. The molecule has 0 atom stereocenters. The molecule has 1 heterocycles. The van der Waals surface area contributed by atoms with Gasteiger partial charge >= 0.3 is 0 Å². The van der Waals surface area contributed by atoms with Crippen LogP contribution < -0.4 is 0 Å². The lowest BCUT2D eigenvalue weighted by molar-refractivity contribution is -0.384. The summed E-state index contributed by atoms with van der Waals surface area (Å²) >= 11 is 0. The summed E-state index contributed by atoms with van der Waals surface area (Å²) in [6.45, 7) is 4.03. The first-order valence-corrected chi connectivity index (χ1v) is 7.91. The molecule has 6 heteroatoms. The third-order valence-corrected chi connectivity index (χ3v) is 4.06. The fraction of sp³-hybridized carbons (Fsp3) is 0.158. The number of aromatic amines is 1. The predicted octanol–water partition coefficient (Wildman–Crippen LogP) is 4.28. The highest BCUT2D eigenvalue weighted by atomic mass is 16.6. The van der Waals surface area contributed by atoms with Crippen LogP contribution in [0.1, 0.15) is 28.1 Å². The van der Waals surface area contributed by atoms with Crippen molar-refractivity contribution < 1.29 is 4.92 Å². The highest BCUT2D eigenvalue weighted by Gasteiger charge is 2.07. The molecule has 2 aromatic carbocycles. The molecule has 25 heavy (non-hydrogen) atoms. The summed E-state index contributed by atoms with van der Waals surface area (Å²) in [5.74, 6) is 0. The lowest BCUT2D eigenvalue weighted by Crippen LogP contribution is -1.91. The number of benzene rings is 2. The minimum Gasteiger partial charge on any atom is -0.282 e. The van der Waals surface area contributed by atoms with Gasteiger partial charge in [-0.15, -0.1) is 0 Å². The molecule has 0 spiro atoms. The van der Waals surface area contributed by atoms with Crippen molar-refractivity contribution in [2.45, 2.75) is 20.3 Å². The molecule has 0 unspecified atom stereocenters. The molecule has 0 radical (unpaired) electrons. The number of nitro benzene ring substituents is 1. The van der Waals surface area contributed by atoms with Gasteiger partial charge in [0.2, 0.25) is 0 Å². The van der Waals surface area contributed by atoms with E-state index in [4.69, 9.17) is 0 Å². The number of hydrogen-bond acceptors (Lipinski definition) is 4. The highest BCUT2D eigenvalue weighted by molar-refractivity contribution is 5.82. The number of aryl methyl sites for hydroxylation is 2. The molecule has 126 valence electrons. The average molecular weight is 334 g/mol. The standard InChI is InChI=1S/C19H18N4O2/c1-13-19(14(2)22-21-13)11-15-3-7-17(8-4-15)20-12-16-5-9-18(10-6-16)23(24)25/h3-10,12H,11H2,1-2H3,(H,21,22). The van der Waals surface area contributed by atoms with E-state index in [2.05, 4.69) is 15.2 Å². The van der Waals surface area contributed by atoms with E-state index in [1.165, 1.54) is 23.3 Å². The Labute approximate surface area is 145 Å². The first-order chi connectivity index (χ1) is 12.0. The molecule has 0 bridgehead atoms. The topological polar surface area (TPSA) is 84.2 Å². The van der Waals surface area contributed by atoms with Crippen LogP contribution >= 0.6 is 0 Å². The quantitative estimate of drug-likeness (QED) is 0.429. The summed E-state index contributed by atoms with van der Waals surface area (Å²) in [6, 6.07) is 14.3. The van der Waals surface area contributed by atoms with Crippen molar-refractivity contribution in [1.29, 1.82) is 0 Å². The third-order valence-electron chi connectivity index (χ3n) is 4.06. The number of aromatic nitrogens is 2. The Kier molecular flexibility index (Phi) is 4.70. The van der Waals surface area contributed by atoms with Crippen LogP contribution in [0, 0.1) is 24.0 Å². The molecule has 0 aliphatic heterocycles. The number of nitrogens with zero attached hydrogens (tertiary/aromatic N) is 3. The van der Waals surface area contributed by atoms with Gasteiger partial charge in [-0.25, -0.2) is 0 Å². The Bertz CT molecular complexity index is 890. The van der Waals surface area contributed by atoms with E-state index in [0.29, 0.717) is 0 Å². The van der Waals surface area contributed by atoms with Crippen LogP contribution in [0.25, 0.3) is 0 Å². The van der Waals surface area contributed by atoms with Gasteiger partial charge in [0.05, 0.1) is 16.3 Å². The second-order valence-corrected chi connectivity index (χ2v) is 5.86. The Morgan fingerprint density at radius 3 is 2.36 bits per heavy atom. The number of nitrogens with one attached hydrogen (secondary N) is 1. The molecule has 3 aromatic rings. The zero-order valence-electron chi connectivity index (χ0n) is 14.1. The predicted molar refractivity (Wildman–Crippen MR) is 97.7 cm³/mol. The molecule has 1 aromatic heterocycles. The van der Waals surface area contributed by atoms with Gasteiger partial charge in [0.25, 0.3) is 5.69 Å². The first kappa shape index (κ1) is 16.6. The minimum atomic E-state index is -0.414. The zero-order valence-corrected chi connectivity index (χ0v) is 14.1. The number of non-ortho nitro benzene ring substituents is 1. The normalized spacial score (nSPS) is 11.1. The maximum absolute atomic E-state index is 10.6. The molecule has 0 fully saturated rings. The zero-order chi connectivity index (χ0) is 17.8. The van der Waals surface area contributed by atoms with E-state index < -0.39 is 4.92 Å². The van der Waals surface area contributed by atoms with Crippen molar-refractivity contribution in [2.75, 3.05) is 0 Å². The monoisotopic (exact) mass is 334 g/mol. The fourth-order valence-electron chi connectivity index (χ4n) is 2.57. The molecule has 1 N–H and O–H groups in total. The summed E-state index contributed by atoms with van der Waals surface area (Å²) < 4.78 is 0. The molecule has 0 saturated carbocycles. The summed E-state index contributed by atoms with van der Waals surface area (Å²) in [6.07, 6.45) is 2.53. The lowest BCUT2D eigenvalue weighted by Gasteiger charge is -2.03. The van der Waals surface area contributed by atoms with Gasteiger partial charge in [-0.1, -0.05) is 12.1 Å². The minimum absolute atomic E-state index is 0.0753. The Hall–Kier alpha value is -3.28. The molecule has 0 amide bonds. The summed E-state index contributed by atoms with van der Waals surface area (Å²) in [5, 5.41) is 17.9. The number of nitro groups is 1. The van der Waals surface area contributed by atoms with Crippen molar-refractivity contribution in [3.8, 4) is 0 Å². The van der Waals surface area contributed by atoms with E-state index in [-0.39, 0.29) is 5.69 Å². The first-order valence-electron chi connectivity index (χ1n) is 7.91. The Morgan fingerprint density at radius 2 is 1.80 bits per heavy atom. The van der Waals surface area contributed by atoms with Crippen LogP contribution in [0.3, 0.4) is 0 Å². The highest BCUT2D eigenvalue weighted by Crippen LogP contribution is 2.19. The SMILES string of the molecule is Cc1n[nH]c(C)c1Cc1ccc(N=Cc2ccc([N+](=O)[O-])cc2)cc1. The summed E-state index contributed by atoms with van der Waals surface area (Å²) in [7, 11) is 0. The second kappa shape index (κ2) is 7.09. The summed E-state index contributed by atoms with van der Waals surface area (Å²) in [4.78, 5) is 14.6. The third kappa shape index (κ3) is 3.98. The van der Waals surface area contributed by atoms with Gasteiger partial charge in [-0.2, -0.15) is 5.10 Å².